The Labute approximate surface area is 116 Å². The minimum absolute atomic E-state index is 0. The maximum Gasteiger partial charge on any atom is 2.00 e. The molecular weight excluding hydrogens is 287 g/mol. The van der Waals surface area contributed by atoms with Gasteiger partial charge in [0, 0.05) is 4.43 Å². The van der Waals surface area contributed by atoms with Gasteiger partial charge in [-0.3, -0.25) is 0 Å². The van der Waals surface area contributed by atoms with E-state index in [2.05, 4.69) is 50.3 Å². The summed E-state index contributed by atoms with van der Waals surface area (Å²) in [6, 6.07) is 0. The van der Waals surface area contributed by atoms with Crippen molar-refractivity contribution in [2.24, 2.45) is 0 Å². The third-order valence-corrected chi connectivity index (χ3v) is 2.18. The standard InChI is InChI=1S/C10H21IO.Mg.2H/c1-5-6-9(7-8-11)12-10(2,3)4;;;/h9H,5-8H2,1-4H3;;;/q;+2;2*-1. The largest absolute Gasteiger partial charge is 2.00 e. The summed E-state index contributed by atoms with van der Waals surface area (Å²) in [7, 11) is 0. The SMILES string of the molecule is CCCC(CCI)OC(C)(C)C.[H-].[H-].[Mg+2]. The first-order chi connectivity index (χ1) is 5.49. The number of hydrogen-bond acceptors (Lipinski definition) is 1. The van der Waals surface area contributed by atoms with Crippen LogP contribution < -0.4 is 0 Å². The number of rotatable bonds is 5. The molecule has 1 nitrogen and oxygen atoms in total. The second kappa shape index (κ2) is 8.74. The van der Waals surface area contributed by atoms with Crippen molar-refractivity contribution in [2.75, 3.05) is 4.43 Å². The monoisotopic (exact) mass is 310 g/mol. The zero-order valence-electron chi connectivity index (χ0n) is 11.4. The molecule has 78 valence electrons. The normalized spacial score (nSPS) is 13.6. The van der Waals surface area contributed by atoms with Gasteiger partial charge in [0.25, 0.3) is 0 Å². The maximum atomic E-state index is 5.91. The predicted octanol–water partition coefficient (Wildman–Crippen LogP) is 3.64. The van der Waals surface area contributed by atoms with Gasteiger partial charge in [0.1, 0.15) is 0 Å². The Bertz CT molecular complexity index is 114. The Hall–Kier alpha value is 1.46. The van der Waals surface area contributed by atoms with Crippen molar-refractivity contribution in [2.45, 2.75) is 58.7 Å². The summed E-state index contributed by atoms with van der Waals surface area (Å²) < 4.78 is 7.11. The molecule has 1 unspecified atom stereocenters. The zero-order chi connectivity index (χ0) is 9.61. The van der Waals surface area contributed by atoms with Gasteiger partial charge in [0.2, 0.25) is 0 Å². The number of hydrogen-bond donors (Lipinski definition) is 0. The van der Waals surface area contributed by atoms with Crippen LogP contribution in [-0.4, -0.2) is 39.2 Å². The molecule has 0 N–H and O–H groups in total. The van der Waals surface area contributed by atoms with Gasteiger partial charge in [-0.1, -0.05) is 35.9 Å². The van der Waals surface area contributed by atoms with Crippen molar-refractivity contribution in [1.82, 2.24) is 0 Å². The van der Waals surface area contributed by atoms with Crippen LogP contribution in [0.15, 0.2) is 0 Å². The molecule has 0 aliphatic heterocycles. The molecule has 0 saturated heterocycles. The molecule has 0 fully saturated rings. The topological polar surface area (TPSA) is 9.23 Å². The number of alkyl halides is 1. The van der Waals surface area contributed by atoms with Crippen LogP contribution in [0.3, 0.4) is 0 Å². The zero-order valence-corrected chi connectivity index (χ0v) is 13.0. The van der Waals surface area contributed by atoms with E-state index >= 15 is 0 Å². The van der Waals surface area contributed by atoms with Crippen molar-refractivity contribution in [1.29, 1.82) is 0 Å². The van der Waals surface area contributed by atoms with Crippen molar-refractivity contribution in [3.8, 4) is 0 Å². The van der Waals surface area contributed by atoms with E-state index in [1.165, 1.54) is 23.7 Å². The van der Waals surface area contributed by atoms with Crippen molar-refractivity contribution < 1.29 is 7.59 Å². The van der Waals surface area contributed by atoms with Crippen LogP contribution in [0.4, 0.5) is 0 Å². The molecule has 3 heteroatoms. The summed E-state index contributed by atoms with van der Waals surface area (Å²) in [6.07, 6.45) is 4.07. The summed E-state index contributed by atoms with van der Waals surface area (Å²) in [4.78, 5) is 0. The van der Waals surface area contributed by atoms with Gasteiger partial charge in [-0.2, -0.15) is 0 Å². The van der Waals surface area contributed by atoms with Gasteiger partial charge in [-0.15, -0.1) is 0 Å². The van der Waals surface area contributed by atoms with Gasteiger partial charge >= 0.3 is 23.1 Å². The summed E-state index contributed by atoms with van der Waals surface area (Å²) in [5.41, 5.74) is 0.0195. The molecule has 0 heterocycles. The smallest absolute Gasteiger partial charge is 1.00 e. The first-order valence-corrected chi connectivity index (χ1v) is 6.26. The number of ether oxygens (including phenoxy) is 1. The molecule has 0 bridgehead atoms. The van der Waals surface area contributed by atoms with Crippen LogP contribution in [0.25, 0.3) is 0 Å². The average molecular weight is 311 g/mol. The minimum Gasteiger partial charge on any atom is -1.00 e. The van der Waals surface area contributed by atoms with E-state index in [1.807, 2.05) is 0 Å². The van der Waals surface area contributed by atoms with Crippen LogP contribution in [0.1, 0.15) is 49.8 Å². The average Bonchev–Trinajstić information content (AvgIpc) is 1.84. The molecule has 0 saturated carbocycles. The molecule has 0 aliphatic rings. The number of halogens is 1. The molecule has 1 atom stereocenters. The van der Waals surface area contributed by atoms with Gasteiger partial charge in [0.15, 0.2) is 0 Å². The third-order valence-electron chi connectivity index (χ3n) is 1.56. The van der Waals surface area contributed by atoms with Crippen LogP contribution >= 0.6 is 22.6 Å². The summed E-state index contributed by atoms with van der Waals surface area (Å²) in [5, 5.41) is 0. The Morgan fingerprint density at radius 3 is 2.15 bits per heavy atom. The quantitative estimate of drug-likeness (QED) is 0.428. The molecule has 0 aromatic heterocycles. The molecule has 0 spiro atoms. The molecule has 13 heavy (non-hydrogen) atoms. The van der Waals surface area contributed by atoms with E-state index in [-0.39, 0.29) is 31.5 Å². The van der Waals surface area contributed by atoms with Gasteiger partial charge < -0.3 is 7.59 Å². The predicted molar refractivity (Wildman–Crippen MR) is 71.0 cm³/mol. The van der Waals surface area contributed by atoms with Crippen LogP contribution in [0.5, 0.6) is 0 Å². The molecular formula is C10H23IMgO. The summed E-state index contributed by atoms with van der Waals surface area (Å²) >= 11 is 2.41. The van der Waals surface area contributed by atoms with E-state index in [0.29, 0.717) is 6.10 Å². The van der Waals surface area contributed by atoms with Crippen LogP contribution in [0.2, 0.25) is 0 Å². The summed E-state index contributed by atoms with van der Waals surface area (Å²) in [6.45, 7) is 8.60. The second-order valence-electron chi connectivity index (χ2n) is 4.12. The Morgan fingerprint density at radius 2 is 1.85 bits per heavy atom. The van der Waals surface area contributed by atoms with Crippen molar-refractivity contribution in [3.63, 3.8) is 0 Å². The van der Waals surface area contributed by atoms with Gasteiger partial charge in [-0.25, -0.2) is 0 Å². The fourth-order valence-electron chi connectivity index (χ4n) is 1.21. The van der Waals surface area contributed by atoms with Crippen LogP contribution in [-0.2, 0) is 4.74 Å². The first kappa shape index (κ1) is 16.9. The molecule has 0 rings (SSSR count). The van der Waals surface area contributed by atoms with E-state index in [0.717, 1.165) is 0 Å². The Balaban J connectivity index is -0.000000202. The summed E-state index contributed by atoms with van der Waals surface area (Å²) in [5.74, 6) is 0. The third kappa shape index (κ3) is 11.4. The molecule has 0 aliphatic carbocycles. The molecule has 0 radical (unpaired) electrons. The molecule has 0 amide bonds. The minimum atomic E-state index is 0. The molecule has 0 aromatic rings. The second-order valence-corrected chi connectivity index (χ2v) is 5.20. The molecule has 0 aromatic carbocycles. The first-order valence-electron chi connectivity index (χ1n) is 4.73. The van der Waals surface area contributed by atoms with E-state index in [4.69, 9.17) is 4.74 Å². The maximum absolute atomic E-state index is 5.91. The Kier molecular flexibility index (Phi) is 11.3. The fourth-order valence-corrected chi connectivity index (χ4v) is 1.90. The van der Waals surface area contributed by atoms with Crippen LogP contribution in [0, 0.1) is 0 Å². The van der Waals surface area contributed by atoms with E-state index in [9.17, 15) is 0 Å². The fraction of sp³-hybridized carbons (Fsp3) is 1.00. The Morgan fingerprint density at radius 1 is 1.31 bits per heavy atom. The van der Waals surface area contributed by atoms with Crippen molar-refractivity contribution in [3.05, 3.63) is 0 Å². The van der Waals surface area contributed by atoms with E-state index in [1.54, 1.807) is 0 Å². The van der Waals surface area contributed by atoms with E-state index < -0.39 is 0 Å². The van der Waals surface area contributed by atoms with Gasteiger partial charge in [0.05, 0.1) is 11.7 Å². The van der Waals surface area contributed by atoms with Crippen molar-refractivity contribution >= 4 is 45.6 Å². The van der Waals surface area contributed by atoms with Gasteiger partial charge in [-0.05, 0) is 33.6 Å².